The van der Waals surface area contributed by atoms with Crippen LogP contribution in [0.1, 0.15) is 0 Å². The molecule has 0 radical (unpaired) electrons. The SMILES string of the molecule is NC(=O)C1COc2cccc(-c3ccc(=O)[nH]c3)c2O1. The number of aromatic amines is 1. The summed E-state index contributed by atoms with van der Waals surface area (Å²) in [5.41, 5.74) is 6.54. The van der Waals surface area contributed by atoms with Crippen LogP contribution in [0.25, 0.3) is 11.1 Å². The molecule has 0 saturated carbocycles. The molecule has 2 heterocycles. The van der Waals surface area contributed by atoms with Crippen molar-refractivity contribution in [2.45, 2.75) is 6.10 Å². The molecule has 0 saturated heterocycles. The fourth-order valence-corrected chi connectivity index (χ4v) is 2.04. The van der Waals surface area contributed by atoms with E-state index in [1.807, 2.05) is 12.1 Å². The minimum atomic E-state index is -0.814. The highest BCUT2D eigenvalue weighted by molar-refractivity contribution is 5.81. The van der Waals surface area contributed by atoms with E-state index in [-0.39, 0.29) is 12.2 Å². The lowest BCUT2D eigenvalue weighted by molar-refractivity contribution is -0.126. The summed E-state index contributed by atoms with van der Waals surface area (Å²) in [5, 5.41) is 0. The summed E-state index contributed by atoms with van der Waals surface area (Å²) in [6.07, 6.45) is 0.765. The van der Waals surface area contributed by atoms with Crippen molar-refractivity contribution in [3.63, 3.8) is 0 Å². The van der Waals surface area contributed by atoms with Gasteiger partial charge in [-0.15, -0.1) is 0 Å². The Balaban J connectivity index is 2.07. The zero-order valence-corrected chi connectivity index (χ0v) is 10.5. The predicted molar refractivity (Wildman–Crippen MR) is 71.6 cm³/mol. The van der Waals surface area contributed by atoms with Crippen molar-refractivity contribution in [2.75, 3.05) is 6.61 Å². The predicted octanol–water partition coefficient (Wildman–Crippen LogP) is 0.667. The van der Waals surface area contributed by atoms with Gasteiger partial charge in [0.1, 0.15) is 6.61 Å². The van der Waals surface area contributed by atoms with E-state index in [4.69, 9.17) is 15.2 Å². The van der Waals surface area contributed by atoms with Crippen molar-refractivity contribution in [3.8, 4) is 22.6 Å². The first-order valence-electron chi connectivity index (χ1n) is 6.06. The Hall–Kier alpha value is -2.76. The minimum Gasteiger partial charge on any atom is -0.485 e. The molecule has 1 atom stereocenters. The van der Waals surface area contributed by atoms with Crippen LogP contribution < -0.4 is 20.8 Å². The third-order valence-electron chi connectivity index (χ3n) is 3.04. The second-order valence-corrected chi connectivity index (χ2v) is 4.39. The first-order chi connectivity index (χ1) is 9.65. The Labute approximate surface area is 114 Å². The van der Waals surface area contributed by atoms with Crippen LogP contribution in [-0.2, 0) is 4.79 Å². The van der Waals surface area contributed by atoms with Gasteiger partial charge in [-0.05, 0) is 12.1 Å². The lowest BCUT2D eigenvalue weighted by Crippen LogP contribution is -2.41. The van der Waals surface area contributed by atoms with E-state index >= 15 is 0 Å². The summed E-state index contributed by atoms with van der Waals surface area (Å²) in [6, 6.07) is 8.48. The van der Waals surface area contributed by atoms with Gasteiger partial charge in [-0.3, -0.25) is 9.59 Å². The number of ether oxygens (including phenoxy) is 2. The quantitative estimate of drug-likeness (QED) is 0.840. The number of para-hydroxylation sites is 1. The van der Waals surface area contributed by atoms with Crippen molar-refractivity contribution in [2.24, 2.45) is 5.73 Å². The number of benzene rings is 1. The number of hydrogen-bond donors (Lipinski definition) is 2. The van der Waals surface area contributed by atoms with E-state index in [0.717, 1.165) is 11.1 Å². The number of primary amides is 1. The second kappa shape index (κ2) is 4.73. The maximum atomic E-state index is 11.2. The van der Waals surface area contributed by atoms with E-state index in [0.29, 0.717) is 11.5 Å². The molecule has 6 heteroatoms. The standard InChI is InChI=1S/C14H12N2O4/c15-14(18)11-7-19-10-3-1-2-9(13(10)20-11)8-4-5-12(17)16-6-8/h1-6,11H,7H2,(H2,15,18)(H,16,17). The maximum Gasteiger partial charge on any atom is 0.262 e. The Kier molecular flexibility index (Phi) is 2.90. The number of carbonyl (C=O) groups is 1. The summed E-state index contributed by atoms with van der Waals surface area (Å²) in [6.45, 7) is 0.0947. The number of H-pyrrole nitrogens is 1. The highest BCUT2D eigenvalue weighted by Gasteiger charge is 2.27. The number of pyridine rings is 1. The average molecular weight is 272 g/mol. The van der Waals surface area contributed by atoms with Gasteiger partial charge in [0.15, 0.2) is 11.5 Å². The molecule has 0 spiro atoms. The van der Waals surface area contributed by atoms with Crippen molar-refractivity contribution in [1.29, 1.82) is 0 Å². The number of amides is 1. The molecule has 0 fully saturated rings. The van der Waals surface area contributed by atoms with Crippen LogP contribution in [0.5, 0.6) is 11.5 Å². The van der Waals surface area contributed by atoms with Crippen LogP contribution in [0.2, 0.25) is 0 Å². The van der Waals surface area contributed by atoms with Gasteiger partial charge < -0.3 is 20.2 Å². The second-order valence-electron chi connectivity index (χ2n) is 4.39. The maximum absolute atomic E-state index is 11.2. The van der Waals surface area contributed by atoms with Gasteiger partial charge in [-0.2, -0.15) is 0 Å². The van der Waals surface area contributed by atoms with Crippen LogP contribution >= 0.6 is 0 Å². The third-order valence-corrected chi connectivity index (χ3v) is 3.04. The Morgan fingerprint density at radius 2 is 2.15 bits per heavy atom. The summed E-state index contributed by atoms with van der Waals surface area (Å²) < 4.78 is 11.1. The van der Waals surface area contributed by atoms with Crippen molar-refractivity contribution >= 4 is 5.91 Å². The molecule has 1 aromatic heterocycles. The fraction of sp³-hybridized carbons (Fsp3) is 0.143. The zero-order valence-electron chi connectivity index (χ0n) is 10.5. The lowest BCUT2D eigenvalue weighted by atomic mass is 10.1. The summed E-state index contributed by atoms with van der Waals surface area (Å²) in [7, 11) is 0. The summed E-state index contributed by atoms with van der Waals surface area (Å²) >= 11 is 0. The van der Waals surface area contributed by atoms with Gasteiger partial charge in [0, 0.05) is 23.4 Å². The normalized spacial score (nSPS) is 16.7. The molecular weight excluding hydrogens is 260 g/mol. The highest BCUT2D eigenvalue weighted by atomic mass is 16.6. The molecule has 20 heavy (non-hydrogen) atoms. The number of aromatic nitrogens is 1. The van der Waals surface area contributed by atoms with Crippen LogP contribution in [-0.4, -0.2) is 23.6 Å². The monoisotopic (exact) mass is 272 g/mol. The third kappa shape index (κ3) is 2.11. The molecule has 3 N–H and O–H groups in total. The zero-order chi connectivity index (χ0) is 14.1. The van der Waals surface area contributed by atoms with E-state index in [1.54, 1.807) is 18.3 Å². The van der Waals surface area contributed by atoms with Crippen molar-refractivity contribution in [3.05, 3.63) is 46.9 Å². The average Bonchev–Trinajstić information content (AvgIpc) is 2.47. The van der Waals surface area contributed by atoms with Gasteiger partial charge in [-0.25, -0.2) is 0 Å². The summed E-state index contributed by atoms with van der Waals surface area (Å²) in [4.78, 5) is 24.9. The molecule has 102 valence electrons. The first-order valence-corrected chi connectivity index (χ1v) is 6.06. The molecular formula is C14H12N2O4. The van der Waals surface area contributed by atoms with Crippen molar-refractivity contribution < 1.29 is 14.3 Å². The van der Waals surface area contributed by atoms with E-state index in [2.05, 4.69) is 4.98 Å². The first kappa shape index (κ1) is 12.3. The molecule has 2 aromatic rings. The number of hydrogen-bond acceptors (Lipinski definition) is 4. The van der Waals surface area contributed by atoms with Crippen LogP contribution in [0, 0.1) is 0 Å². The molecule has 6 nitrogen and oxygen atoms in total. The number of fused-ring (bicyclic) bond motifs is 1. The molecule has 1 aromatic carbocycles. The number of rotatable bonds is 2. The number of carbonyl (C=O) groups excluding carboxylic acids is 1. The van der Waals surface area contributed by atoms with Crippen LogP contribution in [0.15, 0.2) is 41.3 Å². The minimum absolute atomic E-state index is 0.0947. The van der Waals surface area contributed by atoms with E-state index in [9.17, 15) is 9.59 Å². The molecule has 0 bridgehead atoms. The van der Waals surface area contributed by atoms with E-state index in [1.165, 1.54) is 6.07 Å². The van der Waals surface area contributed by atoms with Gasteiger partial charge >= 0.3 is 0 Å². The van der Waals surface area contributed by atoms with Crippen LogP contribution in [0.4, 0.5) is 0 Å². The Morgan fingerprint density at radius 3 is 2.85 bits per heavy atom. The largest absolute Gasteiger partial charge is 0.485 e. The highest BCUT2D eigenvalue weighted by Crippen LogP contribution is 2.40. The van der Waals surface area contributed by atoms with Gasteiger partial charge in [0.25, 0.3) is 5.91 Å². The lowest BCUT2D eigenvalue weighted by Gasteiger charge is -2.26. The Bertz CT molecular complexity index is 703. The Morgan fingerprint density at radius 1 is 1.30 bits per heavy atom. The van der Waals surface area contributed by atoms with Gasteiger partial charge in [0.2, 0.25) is 11.7 Å². The van der Waals surface area contributed by atoms with Crippen molar-refractivity contribution in [1.82, 2.24) is 4.98 Å². The van der Waals surface area contributed by atoms with Gasteiger partial charge in [-0.1, -0.05) is 12.1 Å². The number of nitrogens with one attached hydrogen (secondary N) is 1. The molecule has 0 aliphatic carbocycles. The fourth-order valence-electron chi connectivity index (χ4n) is 2.04. The van der Waals surface area contributed by atoms with E-state index < -0.39 is 12.0 Å². The summed E-state index contributed by atoms with van der Waals surface area (Å²) in [5.74, 6) is 0.424. The topological polar surface area (TPSA) is 94.4 Å². The molecule has 1 unspecified atom stereocenters. The van der Waals surface area contributed by atoms with Gasteiger partial charge in [0.05, 0.1) is 0 Å². The molecule has 1 amide bonds. The number of nitrogens with two attached hydrogens (primary N) is 1. The molecule has 1 aliphatic heterocycles. The smallest absolute Gasteiger partial charge is 0.262 e. The molecule has 3 rings (SSSR count). The van der Waals surface area contributed by atoms with Crippen LogP contribution in [0.3, 0.4) is 0 Å². The molecule has 1 aliphatic rings.